The Hall–Kier alpha value is -3.98. The third-order valence-electron chi connectivity index (χ3n) is 6.14. The molecule has 1 aromatic heterocycles. The van der Waals surface area contributed by atoms with Crippen LogP contribution < -0.4 is 15.8 Å². The van der Waals surface area contributed by atoms with Crippen LogP contribution in [0.4, 0.5) is 14.5 Å². The zero-order valence-electron chi connectivity index (χ0n) is 20.1. The number of benzene rings is 1. The quantitative estimate of drug-likeness (QED) is 0.400. The number of nitrogens with zero attached hydrogens (tertiary/aromatic N) is 4. The molecule has 2 amide bonds. The molecular weight excluding hydrogens is 502 g/mol. The lowest BCUT2D eigenvalue weighted by atomic mass is 9.84. The van der Waals surface area contributed by atoms with Gasteiger partial charge in [0.15, 0.2) is 11.8 Å². The minimum absolute atomic E-state index is 0.00440. The smallest absolute Gasteiger partial charge is 0.275 e. The Balaban J connectivity index is 1.60. The van der Waals surface area contributed by atoms with Gasteiger partial charge in [-0.05, 0) is 24.6 Å². The minimum Gasteiger partial charge on any atom is -0.463 e. The molecule has 9 nitrogen and oxygen atoms in total. The normalized spacial score (nSPS) is 24.0. The van der Waals surface area contributed by atoms with Gasteiger partial charge in [0.1, 0.15) is 23.7 Å². The number of anilines is 1. The molecule has 1 aliphatic heterocycles. The summed E-state index contributed by atoms with van der Waals surface area (Å²) in [6.45, 7) is -1.01. The third-order valence-corrected chi connectivity index (χ3v) is 7.41. The fourth-order valence-electron chi connectivity index (χ4n) is 4.21. The maximum Gasteiger partial charge on any atom is 0.275 e. The second-order valence-electron chi connectivity index (χ2n) is 8.77. The van der Waals surface area contributed by atoms with Crippen molar-refractivity contribution in [2.45, 2.75) is 16.7 Å². The molecule has 1 saturated carbocycles. The van der Waals surface area contributed by atoms with Crippen LogP contribution in [0.1, 0.15) is 22.5 Å². The van der Waals surface area contributed by atoms with Gasteiger partial charge < -0.3 is 20.7 Å². The van der Waals surface area contributed by atoms with Crippen molar-refractivity contribution in [2.75, 3.05) is 32.7 Å². The number of aromatic nitrogens is 2. The number of hydrogen-bond donors (Lipinski definition) is 2. The van der Waals surface area contributed by atoms with Crippen LogP contribution in [0, 0.1) is 24.1 Å². The molecule has 192 valence electrons. The van der Waals surface area contributed by atoms with Gasteiger partial charge in [0, 0.05) is 42.1 Å². The van der Waals surface area contributed by atoms with E-state index in [1.165, 1.54) is 47.3 Å². The van der Waals surface area contributed by atoms with Gasteiger partial charge >= 0.3 is 0 Å². The van der Waals surface area contributed by atoms with E-state index >= 15 is 4.39 Å². The van der Waals surface area contributed by atoms with Crippen LogP contribution in [0.15, 0.2) is 47.7 Å². The number of terminal acetylenes is 1. The third kappa shape index (κ3) is 5.13. The number of amidine groups is 1. The molecule has 2 heterocycles. The van der Waals surface area contributed by atoms with Crippen molar-refractivity contribution in [1.82, 2.24) is 14.9 Å². The van der Waals surface area contributed by atoms with Gasteiger partial charge in [-0.2, -0.15) is 0 Å². The molecule has 1 aromatic carbocycles. The number of ether oxygens (including phenoxy) is 1. The van der Waals surface area contributed by atoms with Gasteiger partial charge in [0.25, 0.3) is 5.91 Å². The van der Waals surface area contributed by atoms with Crippen LogP contribution in [-0.2, 0) is 10.3 Å². The monoisotopic (exact) mass is 526 g/mol. The van der Waals surface area contributed by atoms with Crippen LogP contribution in [0.2, 0.25) is 0 Å². The Bertz CT molecular complexity index is 1330. The summed E-state index contributed by atoms with van der Waals surface area (Å²) in [7, 11) is 3.24. The molecule has 1 fully saturated rings. The molecular formula is C25H24F2N6O3S. The topological polar surface area (TPSA) is 123 Å². The fourth-order valence-corrected chi connectivity index (χ4v) is 5.54. The first-order valence-corrected chi connectivity index (χ1v) is 12.0. The van der Waals surface area contributed by atoms with Gasteiger partial charge in [-0.3, -0.25) is 9.59 Å². The standard InChI is InChI=1S/C25H24F2N6O3S/c1-4-9-36-20-13-29-18(12-30-20)22(35)31-15-5-6-17(27)16(10-15)25(14-26)19-11-24(19,37-23(28)32-25)8-7-21(34)33(2)3/h1,5-8,10,12-13,19H,9,11,14H2,2-3H3,(H2,28,32)(H,31,35)/t19-,24+,25-/m1/s1. The van der Waals surface area contributed by atoms with Crippen LogP contribution >= 0.6 is 11.8 Å². The molecule has 12 heteroatoms. The summed E-state index contributed by atoms with van der Waals surface area (Å²) in [5, 5.41) is 2.71. The van der Waals surface area contributed by atoms with Crippen molar-refractivity contribution in [1.29, 1.82) is 0 Å². The van der Waals surface area contributed by atoms with Gasteiger partial charge in [0.05, 0.1) is 12.4 Å². The van der Waals surface area contributed by atoms with Gasteiger partial charge in [-0.1, -0.05) is 23.8 Å². The maximum absolute atomic E-state index is 15.1. The van der Waals surface area contributed by atoms with Crippen molar-refractivity contribution in [3.63, 3.8) is 0 Å². The zero-order valence-corrected chi connectivity index (χ0v) is 20.9. The molecule has 0 saturated heterocycles. The van der Waals surface area contributed by atoms with Crippen molar-refractivity contribution >= 4 is 34.4 Å². The second kappa shape index (κ2) is 10.2. The number of carbonyl (C=O) groups excluding carboxylic acids is 2. The van der Waals surface area contributed by atoms with Crippen LogP contribution in [0.3, 0.4) is 0 Å². The first-order valence-electron chi connectivity index (χ1n) is 11.1. The number of nitrogens with one attached hydrogen (secondary N) is 1. The molecule has 0 unspecified atom stereocenters. The van der Waals surface area contributed by atoms with Crippen molar-refractivity contribution in [2.24, 2.45) is 16.6 Å². The number of carbonyl (C=O) groups is 2. The van der Waals surface area contributed by atoms with E-state index in [0.29, 0.717) is 6.42 Å². The van der Waals surface area contributed by atoms with Gasteiger partial charge in [0.2, 0.25) is 11.8 Å². The van der Waals surface area contributed by atoms with E-state index in [1.807, 2.05) is 0 Å². The number of nitrogens with two attached hydrogens (primary N) is 1. The number of rotatable bonds is 8. The number of halogens is 2. The SMILES string of the molecule is C#CCOc1cnc(C(=O)Nc2ccc(F)c([C@@]3(CF)N=C(N)S[C@@]4(C=CC(=O)N(C)C)C[C@H]43)c2)cn1. The summed E-state index contributed by atoms with van der Waals surface area (Å²) in [6, 6.07) is 3.82. The van der Waals surface area contributed by atoms with Gasteiger partial charge in [-0.15, -0.1) is 6.42 Å². The van der Waals surface area contributed by atoms with Crippen molar-refractivity contribution in [3.8, 4) is 18.2 Å². The van der Waals surface area contributed by atoms with E-state index in [9.17, 15) is 14.0 Å². The molecule has 1 aliphatic carbocycles. The summed E-state index contributed by atoms with van der Waals surface area (Å²) >= 11 is 1.23. The van der Waals surface area contributed by atoms with E-state index in [1.54, 1.807) is 20.2 Å². The lowest BCUT2D eigenvalue weighted by Crippen LogP contribution is -2.39. The first kappa shape index (κ1) is 26.1. The fraction of sp³-hybridized carbons (Fsp3) is 0.320. The molecule has 0 radical (unpaired) electrons. The number of fused-ring (bicyclic) bond motifs is 1. The summed E-state index contributed by atoms with van der Waals surface area (Å²) in [5.41, 5.74) is 4.60. The number of thioether (sulfide) groups is 1. The molecule has 2 aromatic rings. The molecule has 3 N–H and O–H groups in total. The highest BCUT2D eigenvalue weighted by molar-refractivity contribution is 8.15. The van der Waals surface area contributed by atoms with Gasteiger partial charge in [-0.25, -0.2) is 23.7 Å². The Morgan fingerprint density at radius 1 is 1.38 bits per heavy atom. The molecule has 4 rings (SSSR count). The Morgan fingerprint density at radius 3 is 2.81 bits per heavy atom. The molecule has 2 aliphatic rings. The maximum atomic E-state index is 15.1. The summed E-state index contributed by atoms with van der Waals surface area (Å²) in [5.74, 6) is 0.459. The largest absolute Gasteiger partial charge is 0.463 e. The van der Waals surface area contributed by atoms with Crippen LogP contribution in [0.5, 0.6) is 5.88 Å². The second-order valence-corrected chi connectivity index (χ2v) is 10.2. The summed E-state index contributed by atoms with van der Waals surface area (Å²) < 4.78 is 34.3. The predicted molar refractivity (Wildman–Crippen MR) is 136 cm³/mol. The Kier molecular flexibility index (Phi) is 7.18. The molecule has 0 bridgehead atoms. The highest BCUT2D eigenvalue weighted by Gasteiger charge is 2.67. The van der Waals surface area contributed by atoms with E-state index < -0.39 is 34.6 Å². The Labute approximate surface area is 216 Å². The molecule has 37 heavy (non-hydrogen) atoms. The zero-order chi connectivity index (χ0) is 26.8. The summed E-state index contributed by atoms with van der Waals surface area (Å²) in [6.07, 6.45) is 11.1. The number of amides is 2. The lowest BCUT2D eigenvalue weighted by Gasteiger charge is -2.34. The van der Waals surface area contributed by atoms with E-state index in [-0.39, 0.29) is 40.5 Å². The highest BCUT2D eigenvalue weighted by atomic mass is 32.2. The lowest BCUT2D eigenvalue weighted by molar-refractivity contribution is -0.123. The number of hydrogen-bond acceptors (Lipinski definition) is 8. The number of likely N-dealkylation sites (N-methyl/N-ethyl adjacent to an activating group) is 1. The summed E-state index contributed by atoms with van der Waals surface area (Å²) in [4.78, 5) is 38.5. The van der Waals surface area contributed by atoms with E-state index in [0.717, 1.165) is 6.07 Å². The van der Waals surface area contributed by atoms with E-state index in [2.05, 4.69) is 26.2 Å². The van der Waals surface area contributed by atoms with E-state index in [4.69, 9.17) is 16.9 Å². The first-order chi connectivity index (χ1) is 17.6. The minimum atomic E-state index is -1.61. The average Bonchev–Trinajstić information content (AvgIpc) is 3.61. The predicted octanol–water partition coefficient (Wildman–Crippen LogP) is 2.51. The highest BCUT2D eigenvalue weighted by Crippen LogP contribution is 2.67. The number of aliphatic imine (C=N–C) groups is 1. The molecule has 3 atom stereocenters. The molecule has 0 spiro atoms. The van der Waals surface area contributed by atoms with Crippen molar-refractivity contribution in [3.05, 3.63) is 59.8 Å². The number of alkyl halides is 1. The Morgan fingerprint density at radius 2 is 2.16 bits per heavy atom. The van der Waals surface area contributed by atoms with Crippen LogP contribution in [0.25, 0.3) is 0 Å². The average molecular weight is 527 g/mol. The van der Waals surface area contributed by atoms with Crippen LogP contribution in [-0.4, -0.2) is 64.0 Å². The van der Waals surface area contributed by atoms with Crippen molar-refractivity contribution < 1.29 is 23.1 Å².